The number of hydrogen-bond acceptors (Lipinski definition) is 2. The lowest BCUT2D eigenvalue weighted by molar-refractivity contribution is -0.138. The molecule has 21 heavy (non-hydrogen) atoms. The molecule has 1 saturated heterocycles. The van der Waals surface area contributed by atoms with E-state index in [0.29, 0.717) is 31.5 Å². The van der Waals surface area contributed by atoms with E-state index in [1.54, 1.807) is 0 Å². The molecule has 1 N–H and O–H groups in total. The van der Waals surface area contributed by atoms with Gasteiger partial charge in [-0.05, 0) is 31.4 Å². The zero-order valence-electron chi connectivity index (χ0n) is 11.1. The molecule has 0 spiro atoms. The van der Waals surface area contributed by atoms with E-state index in [4.69, 9.17) is 5.11 Å². The number of likely N-dealkylation sites (tertiary alicyclic amines) is 1. The molecule has 0 radical (unpaired) electrons. The van der Waals surface area contributed by atoms with Crippen molar-refractivity contribution in [2.24, 2.45) is 0 Å². The molecule has 1 atom stereocenters. The molecular weight excluding hydrogens is 287 g/mol. The van der Waals surface area contributed by atoms with Gasteiger partial charge in [-0.1, -0.05) is 0 Å². The third-order valence-corrected chi connectivity index (χ3v) is 3.53. The Bertz CT molecular complexity index is 554. The number of aliphatic carboxylic acids is 1. The Labute approximate surface area is 119 Å². The fraction of sp³-hybridized carbons (Fsp3) is 0.429. The highest BCUT2D eigenvalue weighted by Crippen LogP contribution is 2.23. The van der Waals surface area contributed by atoms with Gasteiger partial charge in [0.05, 0.1) is 6.42 Å². The molecule has 0 aliphatic carbocycles. The minimum absolute atomic E-state index is 0.224. The molecule has 2 rings (SSSR count). The summed E-state index contributed by atoms with van der Waals surface area (Å²) in [5, 5.41) is 8.85. The first-order valence-electron chi connectivity index (χ1n) is 6.57. The standard InChI is InChI=1S/C14H14F3NO3/c15-10-5-8(6-11(16)13(10)17)14(21)18-4-2-1-3-9(18)7-12(19)20/h5-6,9H,1-4,7H2,(H,19,20). The van der Waals surface area contributed by atoms with Gasteiger partial charge in [-0.2, -0.15) is 0 Å². The summed E-state index contributed by atoms with van der Waals surface area (Å²) in [4.78, 5) is 24.4. The van der Waals surface area contributed by atoms with E-state index in [9.17, 15) is 22.8 Å². The maximum atomic E-state index is 13.2. The van der Waals surface area contributed by atoms with Gasteiger partial charge in [0, 0.05) is 18.2 Å². The van der Waals surface area contributed by atoms with Crippen LogP contribution in [0.4, 0.5) is 13.2 Å². The minimum atomic E-state index is -1.63. The first kappa shape index (κ1) is 15.3. The van der Waals surface area contributed by atoms with Gasteiger partial charge in [0.2, 0.25) is 0 Å². The Morgan fingerprint density at radius 2 is 1.81 bits per heavy atom. The van der Waals surface area contributed by atoms with Crippen LogP contribution in [0.25, 0.3) is 0 Å². The minimum Gasteiger partial charge on any atom is -0.481 e. The van der Waals surface area contributed by atoms with Crippen molar-refractivity contribution in [3.63, 3.8) is 0 Å². The molecule has 0 aromatic heterocycles. The number of halogens is 3. The van der Waals surface area contributed by atoms with Crippen LogP contribution in [-0.2, 0) is 4.79 Å². The Hall–Kier alpha value is -2.05. The maximum Gasteiger partial charge on any atom is 0.305 e. The van der Waals surface area contributed by atoms with Crippen LogP contribution in [0.2, 0.25) is 0 Å². The third kappa shape index (κ3) is 3.34. The van der Waals surface area contributed by atoms with Crippen molar-refractivity contribution < 1.29 is 27.9 Å². The second kappa shape index (κ2) is 6.15. The van der Waals surface area contributed by atoms with Crippen molar-refractivity contribution in [3.8, 4) is 0 Å². The van der Waals surface area contributed by atoms with Crippen molar-refractivity contribution in [3.05, 3.63) is 35.1 Å². The summed E-state index contributed by atoms with van der Waals surface area (Å²) in [6.45, 7) is 0.317. The summed E-state index contributed by atoms with van der Waals surface area (Å²) in [5.74, 6) is -6.24. The van der Waals surface area contributed by atoms with Crippen molar-refractivity contribution in [2.45, 2.75) is 31.7 Å². The van der Waals surface area contributed by atoms with E-state index in [2.05, 4.69) is 0 Å². The smallest absolute Gasteiger partial charge is 0.305 e. The number of amides is 1. The maximum absolute atomic E-state index is 13.2. The lowest BCUT2D eigenvalue weighted by atomic mass is 9.98. The SMILES string of the molecule is O=C(O)CC1CCCCN1C(=O)c1cc(F)c(F)c(F)c1. The molecule has 1 unspecified atom stereocenters. The number of carboxylic acids is 1. The lowest BCUT2D eigenvalue weighted by Crippen LogP contribution is -2.44. The third-order valence-electron chi connectivity index (χ3n) is 3.53. The van der Waals surface area contributed by atoms with Gasteiger partial charge in [0.1, 0.15) is 0 Å². The summed E-state index contributed by atoms with van der Waals surface area (Å²) in [6, 6.07) is 0.750. The van der Waals surface area contributed by atoms with Gasteiger partial charge in [-0.25, -0.2) is 13.2 Å². The van der Waals surface area contributed by atoms with Crippen molar-refractivity contribution in [1.82, 2.24) is 4.90 Å². The number of carbonyl (C=O) groups excluding carboxylic acids is 1. The van der Waals surface area contributed by atoms with Gasteiger partial charge in [-0.15, -0.1) is 0 Å². The average Bonchev–Trinajstić information content (AvgIpc) is 2.43. The van der Waals surface area contributed by atoms with Crippen LogP contribution in [0.15, 0.2) is 12.1 Å². The summed E-state index contributed by atoms with van der Waals surface area (Å²) in [6.07, 6.45) is 1.77. The van der Waals surface area contributed by atoms with Crippen molar-refractivity contribution in [2.75, 3.05) is 6.54 Å². The number of carbonyl (C=O) groups is 2. The molecule has 1 aromatic rings. The lowest BCUT2D eigenvalue weighted by Gasteiger charge is -2.35. The fourth-order valence-corrected chi connectivity index (χ4v) is 2.53. The van der Waals surface area contributed by atoms with Gasteiger partial charge in [-0.3, -0.25) is 9.59 Å². The average molecular weight is 301 g/mol. The number of piperidine rings is 1. The second-order valence-corrected chi connectivity index (χ2v) is 5.00. The van der Waals surface area contributed by atoms with Crippen LogP contribution < -0.4 is 0 Å². The molecule has 1 heterocycles. The molecule has 1 aliphatic rings. The zero-order valence-corrected chi connectivity index (χ0v) is 11.1. The van der Waals surface area contributed by atoms with E-state index in [0.717, 1.165) is 6.42 Å². The summed E-state index contributed by atoms with van der Waals surface area (Å²) >= 11 is 0. The molecule has 0 saturated carbocycles. The molecule has 4 nitrogen and oxygen atoms in total. The van der Waals surface area contributed by atoms with Gasteiger partial charge < -0.3 is 10.0 Å². The molecule has 0 bridgehead atoms. The highest BCUT2D eigenvalue weighted by atomic mass is 19.2. The van der Waals surface area contributed by atoms with E-state index >= 15 is 0 Å². The first-order valence-corrected chi connectivity index (χ1v) is 6.57. The highest BCUT2D eigenvalue weighted by molar-refractivity contribution is 5.94. The van der Waals surface area contributed by atoms with Gasteiger partial charge in [0.25, 0.3) is 5.91 Å². The second-order valence-electron chi connectivity index (χ2n) is 5.00. The van der Waals surface area contributed by atoms with Crippen LogP contribution in [0.5, 0.6) is 0 Å². The topological polar surface area (TPSA) is 57.6 Å². The Morgan fingerprint density at radius 1 is 1.19 bits per heavy atom. The molecule has 1 aromatic carbocycles. The van der Waals surface area contributed by atoms with E-state index < -0.39 is 35.4 Å². The van der Waals surface area contributed by atoms with Crippen molar-refractivity contribution >= 4 is 11.9 Å². The normalized spacial score (nSPS) is 18.6. The van der Waals surface area contributed by atoms with Crippen LogP contribution in [0.3, 0.4) is 0 Å². The van der Waals surface area contributed by atoms with Crippen LogP contribution in [0.1, 0.15) is 36.0 Å². The number of hydrogen-bond donors (Lipinski definition) is 1. The fourth-order valence-electron chi connectivity index (χ4n) is 2.53. The van der Waals surface area contributed by atoms with Crippen LogP contribution in [0, 0.1) is 17.5 Å². The predicted octanol–water partition coefficient (Wildman–Crippen LogP) is 2.57. The molecule has 114 valence electrons. The van der Waals surface area contributed by atoms with Crippen LogP contribution in [-0.4, -0.2) is 34.5 Å². The largest absolute Gasteiger partial charge is 0.481 e. The Morgan fingerprint density at radius 3 is 2.38 bits per heavy atom. The van der Waals surface area contributed by atoms with E-state index in [-0.39, 0.29) is 12.0 Å². The summed E-state index contributed by atoms with van der Waals surface area (Å²) in [7, 11) is 0. The quantitative estimate of drug-likeness (QED) is 0.873. The predicted molar refractivity (Wildman–Crippen MR) is 67.2 cm³/mol. The highest BCUT2D eigenvalue weighted by Gasteiger charge is 2.30. The molecule has 1 aliphatic heterocycles. The molecular formula is C14H14F3NO3. The Balaban J connectivity index is 2.26. The molecule has 1 fully saturated rings. The number of rotatable bonds is 3. The van der Waals surface area contributed by atoms with Crippen LogP contribution >= 0.6 is 0 Å². The van der Waals surface area contributed by atoms with Crippen molar-refractivity contribution in [1.29, 1.82) is 0 Å². The number of benzene rings is 1. The first-order chi connectivity index (χ1) is 9.90. The van der Waals surface area contributed by atoms with Gasteiger partial charge >= 0.3 is 5.97 Å². The Kier molecular flexibility index (Phi) is 4.50. The van der Waals surface area contributed by atoms with E-state index in [1.807, 2.05) is 0 Å². The molecule has 1 amide bonds. The zero-order chi connectivity index (χ0) is 15.6. The molecule has 7 heteroatoms. The summed E-state index contributed by atoms with van der Waals surface area (Å²) in [5.41, 5.74) is -0.316. The van der Waals surface area contributed by atoms with E-state index in [1.165, 1.54) is 4.90 Å². The number of carboxylic acid groups (broad SMARTS) is 1. The van der Waals surface area contributed by atoms with Gasteiger partial charge in [0.15, 0.2) is 17.5 Å². The summed E-state index contributed by atoms with van der Waals surface area (Å²) < 4.78 is 39.3. The monoisotopic (exact) mass is 301 g/mol. The number of nitrogens with zero attached hydrogens (tertiary/aromatic N) is 1.